The molecule has 1 unspecified atom stereocenters. The number of rotatable bonds is 13. The Morgan fingerprint density at radius 1 is 0.957 bits per heavy atom. The molecule has 0 bridgehead atoms. The zero-order valence-electron chi connectivity index (χ0n) is 29.7. The third-order valence-corrected chi connectivity index (χ3v) is 8.65. The minimum Gasteiger partial charge on any atom is -0.346 e. The lowest BCUT2D eigenvalue weighted by atomic mass is 9.80. The lowest BCUT2D eigenvalue weighted by Crippen LogP contribution is -2.62. The summed E-state index contributed by atoms with van der Waals surface area (Å²) in [7, 11) is 0. The van der Waals surface area contributed by atoms with Crippen LogP contribution in [-0.4, -0.2) is 95.0 Å². The second-order valence-corrected chi connectivity index (χ2v) is 15.7. The minimum absolute atomic E-state index is 0.00354. The molecule has 2 aliphatic rings. The molecule has 2 fully saturated rings. The maximum absolute atomic E-state index is 14.0. The summed E-state index contributed by atoms with van der Waals surface area (Å²) in [5.74, 6) is -3.16. The second-order valence-electron chi connectivity index (χ2n) is 15.7. The van der Waals surface area contributed by atoms with Gasteiger partial charge in [-0.2, -0.15) is 0 Å². The average Bonchev–Trinajstić information content (AvgIpc) is 3.43. The molecule has 7 amide bonds. The third kappa shape index (κ3) is 10.9. The zero-order valence-corrected chi connectivity index (χ0v) is 29.7. The van der Waals surface area contributed by atoms with Gasteiger partial charge in [0, 0.05) is 32.5 Å². The van der Waals surface area contributed by atoms with Gasteiger partial charge in [-0.25, -0.2) is 4.79 Å². The van der Waals surface area contributed by atoms with Gasteiger partial charge in [-0.1, -0.05) is 74.8 Å². The summed E-state index contributed by atoms with van der Waals surface area (Å²) in [5.41, 5.74) is -1.73. The van der Waals surface area contributed by atoms with E-state index in [1.54, 1.807) is 20.8 Å². The van der Waals surface area contributed by atoms with E-state index >= 15 is 0 Å². The summed E-state index contributed by atoms with van der Waals surface area (Å²) < 4.78 is 0. The first kappa shape index (κ1) is 39.4. The van der Waals surface area contributed by atoms with Crippen molar-refractivity contribution in [1.82, 2.24) is 31.1 Å². The van der Waals surface area contributed by atoms with Gasteiger partial charge >= 0.3 is 6.03 Å². The van der Waals surface area contributed by atoms with Gasteiger partial charge in [0.25, 0.3) is 5.91 Å². The van der Waals surface area contributed by atoms with Crippen LogP contribution in [-0.2, 0) is 28.8 Å². The maximum Gasteiger partial charge on any atom is 0.315 e. The fraction of sp³-hybridized carbons (Fsp3) is 0.735. The number of urea groups is 1. The molecule has 13 heteroatoms. The lowest BCUT2D eigenvalue weighted by Gasteiger charge is -2.40. The monoisotopic (exact) mass is 660 g/mol. The number of carbonyl (C=O) groups excluding carboxylic acids is 7. The van der Waals surface area contributed by atoms with Gasteiger partial charge < -0.3 is 26.2 Å². The fourth-order valence-electron chi connectivity index (χ4n) is 5.82. The molecule has 0 aliphatic carbocycles. The average molecular weight is 661 g/mol. The Morgan fingerprint density at radius 2 is 1.55 bits per heavy atom. The van der Waals surface area contributed by atoms with Crippen LogP contribution in [0, 0.1) is 16.2 Å². The molecule has 2 rings (SSSR count). The smallest absolute Gasteiger partial charge is 0.315 e. The van der Waals surface area contributed by atoms with E-state index in [0.29, 0.717) is 19.3 Å². The number of amides is 7. The van der Waals surface area contributed by atoms with Gasteiger partial charge in [-0.3, -0.25) is 33.7 Å². The van der Waals surface area contributed by atoms with E-state index in [-0.39, 0.29) is 50.7 Å². The number of nitrogens with one attached hydrogen (secondary N) is 4. The van der Waals surface area contributed by atoms with Crippen LogP contribution < -0.4 is 21.3 Å². The van der Waals surface area contributed by atoms with Gasteiger partial charge in [-0.15, -0.1) is 6.58 Å². The number of likely N-dealkylation sites (tertiary alicyclic amines) is 2. The molecule has 0 spiro atoms. The van der Waals surface area contributed by atoms with Gasteiger partial charge in [0.15, 0.2) is 0 Å². The van der Waals surface area contributed by atoms with Crippen molar-refractivity contribution < 1.29 is 33.6 Å². The van der Waals surface area contributed by atoms with E-state index in [9.17, 15) is 33.6 Å². The molecule has 4 N–H and O–H groups in total. The van der Waals surface area contributed by atoms with Crippen molar-refractivity contribution in [3.05, 3.63) is 12.7 Å². The first-order valence-electron chi connectivity index (χ1n) is 16.6. The van der Waals surface area contributed by atoms with Crippen molar-refractivity contribution in [3.63, 3.8) is 0 Å². The highest BCUT2D eigenvalue weighted by Crippen LogP contribution is 2.33. The van der Waals surface area contributed by atoms with Crippen molar-refractivity contribution in [1.29, 1.82) is 0 Å². The highest BCUT2D eigenvalue weighted by Gasteiger charge is 2.44. The molecule has 13 nitrogen and oxygen atoms in total. The number of Topliss-reactive ketones (excluding diaryl/α,β-unsaturated/α-hetero) is 1. The summed E-state index contributed by atoms with van der Waals surface area (Å²) in [5, 5.41) is 10.8. The predicted octanol–water partition coefficient (Wildman–Crippen LogP) is 2.44. The number of piperidine rings is 1. The molecular weight excluding hydrogens is 604 g/mol. The molecule has 0 aromatic heterocycles. The normalized spacial score (nSPS) is 20.1. The molecule has 0 saturated carbocycles. The molecule has 264 valence electrons. The minimum atomic E-state index is -1.05. The number of nitrogens with zero attached hydrogens (tertiary/aromatic N) is 2. The number of hydrogen-bond acceptors (Lipinski definition) is 7. The number of hydrogen-bond donors (Lipinski definition) is 4. The van der Waals surface area contributed by atoms with Crippen LogP contribution in [0.5, 0.6) is 0 Å². The number of ketones is 1. The van der Waals surface area contributed by atoms with Crippen LogP contribution in [0.2, 0.25) is 0 Å². The Labute approximate surface area is 279 Å². The van der Waals surface area contributed by atoms with Crippen LogP contribution in [0.25, 0.3) is 0 Å². The molecule has 0 aromatic carbocycles. The van der Waals surface area contributed by atoms with E-state index in [0.717, 1.165) is 0 Å². The predicted molar refractivity (Wildman–Crippen MR) is 178 cm³/mol. The van der Waals surface area contributed by atoms with Gasteiger partial charge in [0.05, 0.1) is 12.1 Å². The van der Waals surface area contributed by atoms with Crippen LogP contribution >= 0.6 is 0 Å². The summed E-state index contributed by atoms with van der Waals surface area (Å²) in [6, 6.07) is -4.22. The molecule has 2 heterocycles. The molecule has 47 heavy (non-hydrogen) atoms. The SMILES string of the molecule is C=CCNC(=O)C(=O)C(CCC)NC(=O)[C@@H]1CCCN1C(=O)[C@@H](NC(=O)N[C@H](CN1C(=O)CC(C)(C)CC1=O)C(C)(C)C)C(C)(C)C. The molecular formula is C34H56N6O7. The number of carbonyl (C=O) groups is 7. The first-order chi connectivity index (χ1) is 21.6. The topological polar surface area (TPSA) is 174 Å². The van der Waals surface area contributed by atoms with Gasteiger partial charge in [-0.05, 0) is 35.5 Å². The first-order valence-corrected chi connectivity index (χ1v) is 16.6. The quantitative estimate of drug-likeness (QED) is 0.133. The molecule has 2 saturated heterocycles. The van der Waals surface area contributed by atoms with Gasteiger partial charge in [0.1, 0.15) is 12.1 Å². The lowest BCUT2D eigenvalue weighted by molar-refractivity contribution is -0.153. The van der Waals surface area contributed by atoms with Crippen molar-refractivity contribution in [2.45, 2.75) is 125 Å². The van der Waals surface area contributed by atoms with E-state index in [1.807, 2.05) is 41.5 Å². The Kier molecular flexibility index (Phi) is 13.3. The van der Waals surface area contributed by atoms with Crippen molar-refractivity contribution >= 4 is 41.4 Å². The summed E-state index contributed by atoms with van der Waals surface area (Å²) in [6.45, 7) is 20.5. The maximum atomic E-state index is 14.0. The molecule has 0 radical (unpaired) electrons. The zero-order chi connectivity index (χ0) is 35.9. The van der Waals surface area contributed by atoms with Crippen molar-refractivity contribution in [3.8, 4) is 0 Å². The molecule has 0 aromatic rings. The standard InChI is InChI=1S/C34H56N6O7/c1-11-14-21(26(43)29(45)35-16-12-2)36-28(44)22-15-13-17-39(22)30(46)27(33(6,7)8)38-31(47)37-23(32(3,4)5)20-40-24(41)18-34(9,10)19-25(40)42/h12,21-23,27H,2,11,13-20H2,1,3-10H3,(H,35,45)(H,36,44)(H2,37,38,47)/t21?,22-,23+,27+/m0/s1. The van der Waals surface area contributed by atoms with E-state index in [1.165, 1.54) is 15.9 Å². The Morgan fingerprint density at radius 3 is 2.06 bits per heavy atom. The van der Waals surface area contributed by atoms with Crippen LogP contribution in [0.1, 0.15) is 101 Å². The largest absolute Gasteiger partial charge is 0.346 e. The number of imide groups is 1. The summed E-state index contributed by atoms with van der Waals surface area (Å²) in [6.07, 6.45) is 3.58. The van der Waals surface area contributed by atoms with E-state index in [2.05, 4.69) is 27.8 Å². The second kappa shape index (κ2) is 15.9. The Hall–Kier alpha value is -3.77. The highest BCUT2D eigenvalue weighted by molar-refractivity contribution is 6.38. The third-order valence-electron chi connectivity index (χ3n) is 8.65. The summed E-state index contributed by atoms with van der Waals surface area (Å²) in [4.78, 5) is 94.4. The van der Waals surface area contributed by atoms with Crippen molar-refractivity contribution in [2.24, 2.45) is 16.2 Å². The van der Waals surface area contributed by atoms with Crippen LogP contribution in [0.15, 0.2) is 12.7 Å². The van der Waals surface area contributed by atoms with Crippen LogP contribution in [0.3, 0.4) is 0 Å². The Bertz CT molecular complexity index is 1210. The van der Waals surface area contributed by atoms with Crippen molar-refractivity contribution in [2.75, 3.05) is 19.6 Å². The molecule has 2 aliphatic heterocycles. The van der Waals surface area contributed by atoms with E-state index in [4.69, 9.17) is 0 Å². The fourth-order valence-corrected chi connectivity index (χ4v) is 5.82. The summed E-state index contributed by atoms with van der Waals surface area (Å²) >= 11 is 0. The van der Waals surface area contributed by atoms with Gasteiger partial charge in [0.2, 0.25) is 29.4 Å². The molecule has 4 atom stereocenters. The Balaban J connectivity index is 2.21. The van der Waals surface area contributed by atoms with Crippen LogP contribution in [0.4, 0.5) is 4.79 Å². The highest BCUT2D eigenvalue weighted by atomic mass is 16.2. The van der Waals surface area contributed by atoms with E-state index < -0.39 is 69.9 Å².